The molecule has 5 aromatic carbocycles. The molecule has 3 heteroatoms. The van der Waals surface area contributed by atoms with Crippen LogP contribution >= 0.6 is 11.6 Å². The molecule has 0 heterocycles. The maximum atomic E-state index is 13.2. The highest BCUT2D eigenvalue weighted by Crippen LogP contribution is 2.49. The first kappa shape index (κ1) is 21.2. The Bertz CT molecular complexity index is 1400. The summed E-state index contributed by atoms with van der Waals surface area (Å²) in [6.07, 6.45) is 0. The molecule has 0 saturated heterocycles. The third-order valence-electron chi connectivity index (χ3n) is 6.72. The molecule has 1 N–H and O–H groups in total. The minimum Gasteiger partial charge on any atom is -0.481 e. The quantitative estimate of drug-likeness (QED) is 0.296. The van der Waals surface area contributed by atoms with Gasteiger partial charge < -0.3 is 5.11 Å². The minimum absolute atomic E-state index is 0.452. The molecule has 0 bridgehead atoms. The lowest BCUT2D eigenvalue weighted by atomic mass is 9.64. The topological polar surface area (TPSA) is 37.3 Å². The van der Waals surface area contributed by atoms with Gasteiger partial charge in [0, 0.05) is 10.9 Å². The number of carboxylic acids is 1. The molecule has 0 aliphatic carbocycles. The average molecular weight is 451 g/mol. The number of rotatable bonds is 5. The zero-order valence-electron chi connectivity index (χ0n) is 18.2. The zero-order valence-corrected chi connectivity index (χ0v) is 19.0. The Kier molecular flexibility index (Phi) is 5.39. The van der Waals surface area contributed by atoms with E-state index in [1.807, 2.05) is 66.7 Å². The largest absolute Gasteiger partial charge is 0.481 e. The Balaban J connectivity index is 1.93. The summed E-state index contributed by atoms with van der Waals surface area (Å²) in [5.74, 6) is -1.39. The van der Waals surface area contributed by atoms with E-state index in [0.29, 0.717) is 10.6 Å². The summed E-state index contributed by atoms with van der Waals surface area (Å²) >= 11 is 6.64. The number of aliphatic carboxylic acids is 1. The highest BCUT2D eigenvalue weighted by Gasteiger charge is 2.47. The summed E-state index contributed by atoms with van der Waals surface area (Å²) in [6.45, 7) is 1.80. The normalized spacial score (nSPS) is 13.3. The molecular weight excluding hydrogens is 428 g/mol. The van der Waals surface area contributed by atoms with Gasteiger partial charge in [-0.3, -0.25) is 4.79 Å². The molecule has 5 rings (SSSR count). The number of hydrogen-bond acceptors (Lipinski definition) is 1. The highest BCUT2D eigenvalue weighted by atomic mass is 35.5. The summed E-state index contributed by atoms with van der Waals surface area (Å²) in [4.78, 5) is 13.2. The minimum atomic E-state index is -1.31. The molecule has 0 spiro atoms. The van der Waals surface area contributed by atoms with E-state index >= 15 is 0 Å². The van der Waals surface area contributed by atoms with Crippen LogP contribution < -0.4 is 0 Å². The van der Waals surface area contributed by atoms with E-state index in [0.717, 1.165) is 32.7 Å². The van der Waals surface area contributed by atoms with E-state index < -0.39 is 17.3 Å². The number of carbonyl (C=O) groups is 1. The highest BCUT2D eigenvalue weighted by molar-refractivity contribution is 6.31. The number of halogens is 1. The monoisotopic (exact) mass is 450 g/mol. The van der Waals surface area contributed by atoms with Gasteiger partial charge in [0.2, 0.25) is 0 Å². The number of benzene rings is 5. The zero-order chi connectivity index (χ0) is 23.0. The number of hydrogen-bond donors (Lipinski definition) is 1. The van der Waals surface area contributed by atoms with Gasteiger partial charge in [-0.2, -0.15) is 0 Å². The molecule has 0 aliphatic heterocycles. The lowest BCUT2D eigenvalue weighted by Gasteiger charge is -2.37. The van der Waals surface area contributed by atoms with Crippen molar-refractivity contribution in [3.63, 3.8) is 0 Å². The molecule has 0 saturated carbocycles. The van der Waals surface area contributed by atoms with Crippen molar-refractivity contribution in [2.24, 2.45) is 0 Å². The van der Waals surface area contributed by atoms with Crippen LogP contribution in [0.1, 0.15) is 29.5 Å². The fraction of sp³-hybridized carbons (Fsp3) is 0.100. The van der Waals surface area contributed by atoms with E-state index in [9.17, 15) is 9.90 Å². The first-order valence-electron chi connectivity index (χ1n) is 11.0. The average Bonchev–Trinajstić information content (AvgIpc) is 2.84. The molecule has 0 amide bonds. The van der Waals surface area contributed by atoms with Gasteiger partial charge in [-0.25, -0.2) is 0 Å². The van der Waals surface area contributed by atoms with Crippen LogP contribution in [0.2, 0.25) is 5.02 Å². The molecule has 162 valence electrons. The van der Waals surface area contributed by atoms with Gasteiger partial charge in [-0.1, -0.05) is 115 Å². The Morgan fingerprint density at radius 3 is 1.67 bits per heavy atom. The summed E-state index contributed by atoms with van der Waals surface area (Å²) in [6, 6.07) is 35.8. The third kappa shape index (κ3) is 3.48. The summed E-state index contributed by atoms with van der Waals surface area (Å²) in [7, 11) is 0. The molecule has 0 aliphatic rings. The molecular formula is C30H23ClO2. The van der Waals surface area contributed by atoms with Crippen molar-refractivity contribution in [3.05, 3.63) is 131 Å². The summed E-state index contributed by atoms with van der Waals surface area (Å²) in [5, 5.41) is 15.5. The van der Waals surface area contributed by atoms with Crippen LogP contribution in [0.15, 0.2) is 109 Å². The maximum Gasteiger partial charge on any atom is 0.314 e. The van der Waals surface area contributed by atoms with Crippen LogP contribution in [-0.2, 0) is 10.2 Å². The van der Waals surface area contributed by atoms with E-state index in [-0.39, 0.29) is 0 Å². The van der Waals surface area contributed by atoms with Crippen LogP contribution in [0, 0.1) is 0 Å². The van der Waals surface area contributed by atoms with Gasteiger partial charge >= 0.3 is 5.97 Å². The van der Waals surface area contributed by atoms with Crippen LogP contribution in [0.3, 0.4) is 0 Å². The van der Waals surface area contributed by atoms with Crippen LogP contribution in [0.4, 0.5) is 0 Å². The van der Waals surface area contributed by atoms with Crippen molar-refractivity contribution < 1.29 is 9.90 Å². The Labute approximate surface area is 198 Å². The Morgan fingerprint density at radius 2 is 1.15 bits per heavy atom. The predicted octanol–water partition coefficient (Wildman–Crippen LogP) is 7.82. The molecule has 0 radical (unpaired) electrons. The third-order valence-corrected chi connectivity index (χ3v) is 7.05. The second-order valence-corrected chi connectivity index (χ2v) is 8.96. The second kappa shape index (κ2) is 8.38. The first-order chi connectivity index (χ1) is 16.0. The van der Waals surface area contributed by atoms with E-state index in [1.165, 1.54) is 0 Å². The van der Waals surface area contributed by atoms with Gasteiger partial charge in [-0.05, 0) is 51.2 Å². The molecule has 5 aromatic rings. The number of fused-ring (bicyclic) bond motifs is 2. The Hall–Kier alpha value is -3.62. The smallest absolute Gasteiger partial charge is 0.314 e. The van der Waals surface area contributed by atoms with Crippen molar-refractivity contribution in [2.75, 3.05) is 0 Å². The molecule has 1 atom stereocenters. The lowest BCUT2D eigenvalue weighted by Crippen LogP contribution is -2.40. The first-order valence-corrected chi connectivity index (χ1v) is 11.3. The molecule has 33 heavy (non-hydrogen) atoms. The second-order valence-electron chi connectivity index (χ2n) is 8.56. The van der Waals surface area contributed by atoms with Crippen LogP contribution in [0.5, 0.6) is 0 Å². The van der Waals surface area contributed by atoms with Crippen molar-refractivity contribution in [1.29, 1.82) is 0 Å². The lowest BCUT2D eigenvalue weighted by molar-refractivity contribution is -0.143. The van der Waals surface area contributed by atoms with Crippen molar-refractivity contribution in [1.82, 2.24) is 0 Å². The summed E-state index contributed by atoms with van der Waals surface area (Å²) in [5.41, 5.74) is 1.22. The molecule has 0 aromatic heterocycles. The van der Waals surface area contributed by atoms with Gasteiger partial charge in [0.05, 0.1) is 0 Å². The van der Waals surface area contributed by atoms with Gasteiger partial charge in [0.25, 0.3) is 0 Å². The fourth-order valence-corrected chi connectivity index (χ4v) is 5.40. The van der Waals surface area contributed by atoms with Crippen molar-refractivity contribution in [3.8, 4) is 0 Å². The molecule has 0 unspecified atom stereocenters. The van der Waals surface area contributed by atoms with E-state index in [2.05, 4.69) is 36.4 Å². The van der Waals surface area contributed by atoms with E-state index in [4.69, 9.17) is 11.6 Å². The van der Waals surface area contributed by atoms with Gasteiger partial charge in [0.1, 0.15) is 5.41 Å². The van der Waals surface area contributed by atoms with Gasteiger partial charge in [0.15, 0.2) is 0 Å². The van der Waals surface area contributed by atoms with Crippen LogP contribution in [-0.4, -0.2) is 11.1 Å². The van der Waals surface area contributed by atoms with Crippen LogP contribution in [0.25, 0.3) is 21.5 Å². The Morgan fingerprint density at radius 1 is 0.697 bits per heavy atom. The molecule has 0 fully saturated rings. The molecule has 2 nitrogen and oxygen atoms in total. The van der Waals surface area contributed by atoms with Crippen molar-refractivity contribution in [2.45, 2.75) is 18.3 Å². The van der Waals surface area contributed by atoms with E-state index in [1.54, 1.807) is 13.0 Å². The van der Waals surface area contributed by atoms with Gasteiger partial charge in [-0.15, -0.1) is 0 Å². The maximum absolute atomic E-state index is 13.2. The summed E-state index contributed by atoms with van der Waals surface area (Å²) < 4.78 is 0. The number of carboxylic acid groups (broad SMARTS) is 1. The van der Waals surface area contributed by atoms with Crippen molar-refractivity contribution >= 4 is 39.1 Å². The fourth-order valence-electron chi connectivity index (χ4n) is 5.07. The SMILES string of the molecule is C[C@](C(=O)O)(c1ccccc1Cl)C(c1cccc2ccccc12)c1cccc2ccccc12. The predicted molar refractivity (Wildman–Crippen MR) is 136 cm³/mol. The standard InChI is InChI=1S/C30H23ClO2/c1-30(29(32)33,26-18-6-7-19-27(26)31)28(24-16-8-12-20-10-2-4-14-22(20)24)25-17-9-13-21-11-3-5-15-23(21)25/h2-19,28H,1H3,(H,32,33)/t30-/m0/s1.